The maximum atomic E-state index is 6.21. The molecule has 0 spiro atoms. The van der Waals surface area contributed by atoms with Gasteiger partial charge in [0, 0.05) is 25.5 Å². The quantitative estimate of drug-likeness (QED) is 0.421. The third kappa shape index (κ3) is 3.82. The van der Waals surface area contributed by atoms with E-state index in [1.165, 1.54) is 0 Å². The standard InChI is InChI=1S/C15H23Cl2N3OSi/c1-15(2,3)22(4,5)21-8-6-7-20-10-12(16)11-9-18-14(17)19-13(11)20/h9-10H,6-8H2,1-5H3. The van der Waals surface area contributed by atoms with Gasteiger partial charge in [0.2, 0.25) is 5.28 Å². The molecule has 0 aliphatic carbocycles. The molecule has 122 valence electrons. The fraction of sp³-hybridized carbons (Fsp3) is 0.600. The summed E-state index contributed by atoms with van der Waals surface area (Å²) in [7, 11) is -1.68. The van der Waals surface area contributed by atoms with E-state index in [0.717, 1.165) is 30.6 Å². The second kappa shape index (κ2) is 6.47. The molecule has 0 amide bonds. The van der Waals surface area contributed by atoms with E-state index >= 15 is 0 Å². The van der Waals surface area contributed by atoms with Crippen LogP contribution < -0.4 is 0 Å². The highest BCUT2D eigenvalue weighted by Gasteiger charge is 2.36. The fourth-order valence-electron chi connectivity index (χ4n) is 1.96. The van der Waals surface area contributed by atoms with Crippen LogP contribution in [0.25, 0.3) is 11.0 Å². The largest absolute Gasteiger partial charge is 0.417 e. The molecule has 2 aromatic heterocycles. The van der Waals surface area contributed by atoms with Gasteiger partial charge in [0.15, 0.2) is 8.32 Å². The Balaban J connectivity index is 2.00. The van der Waals surface area contributed by atoms with Crippen molar-refractivity contribution in [2.75, 3.05) is 6.61 Å². The van der Waals surface area contributed by atoms with Gasteiger partial charge in [-0.2, -0.15) is 4.98 Å². The minimum absolute atomic E-state index is 0.233. The zero-order valence-electron chi connectivity index (χ0n) is 13.8. The first-order valence-electron chi connectivity index (χ1n) is 7.43. The highest BCUT2D eigenvalue weighted by molar-refractivity contribution is 6.74. The van der Waals surface area contributed by atoms with Crippen LogP contribution >= 0.6 is 23.2 Å². The molecule has 0 fully saturated rings. The second-order valence-corrected chi connectivity index (χ2v) is 12.6. The monoisotopic (exact) mass is 359 g/mol. The van der Waals surface area contributed by atoms with Crippen molar-refractivity contribution in [1.29, 1.82) is 0 Å². The van der Waals surface area contributed by atoms with Gasteiger partial charge in [-0.3, -0.25) is 0 Å². The number of nitrogens with zero attached hydrogens (tertiary/aromatic N) is 3. The van der Waals surface area contributed by atoms with E-state index < -0.39 is 8.32 Å². The van der Waals surface area contributed by atoms with Crippen LogP contribution in [0.5, 0.6) is 0 Å². The molecule has 22 heavy (non-hydrogen) atoms. The van der Waals surface area contributed by atoms with Crippen LogP contribution in [-0.2, 0) is 11.0 Å². The highest BCUT2D eigenvalue weighted by Crippen LogP contribution is 2.36. The van der Waals surface area contributed by atoms with E-state index in [1.54, 1.807) is 6.20 Å². The zero-order chi connectivity index (χ0) is 16.5. The number of hydrogen-bond donors (Lipinski definition) is 0. The average molecular weight is 360 g/mol. The molecule has 0 aliphatic rings. The van der Waals surface area contributed by atoms with Crippen molar-refractivity contribution in [3.63, 3.8) is 0 Å². The van der Waals surface area contributed by atoms with Crippen LogP contribution in [0.1, 0.15) is 27.2 Å². The zero-order valence-corrected chi connectivity index (χ0v) is 16.3. The molecule has 7 heteroatoms. The first-order chi connectivity index (χ1) is 10.1. The molecule has 0 N–H and O–H groups in total. The summed E-state index contributed by atoms with van der Waals surface area (Å²) in [5.41, 5.74) is 0.775. The van der Waals surface area contributed by atoms with E-state index in [-0.39, 0.29) is 10.3 Å². The lowest BCUT2D eigenvalue weighted by Gasteiger charge is -2.36. The van der Waals surface area contributed by atoms with E-state index in [9.17, 15) is 0 Å². The summed E-state index contributed by atoms with van der Waals surface area (Å²) in [5.74, 6) is 0. The molecule has 0 saturated carbocycles. The van der Waals surface area contributed by atoms with Crippen molar-refractivity contribution in [2.45, 2.75) is 51.9 Å². The predicted molar refractivity (Wildman–Crippen MR) is 95.3 cm³/mol. The molecule has 0 radical (unpaired) electrons. The molecule has 2 aromatic rings. The van der Waals surface area contributed by atoms with Gasteiger partial charge in [-0.1, -0.05) is 32.4 Å². The Labute approximate surface area is 142 Å². The van der Waals surface area contributed by atoms with E-state index in [1.807, 2.05) is 10.8 Å². The van der Waals surface area contributed by atoms with Crippen LogP contribution in [0.3, 0.4) is 0 Å². The number of rotatable bonds is 5. The third-order valence-corrected chi connectivity index (χ3v) is 9.37. The summed E-state index contributed by atoms with van der Waals surface area (Å²) < 4.78 is 8.21. The molecule has 0 aliphatic heterocycles. The number of hydrogen-bond acceptors (Lipinski definition) is 3. The summed E-state index contributed by atoms with van der Waals surface area (Å²) in [4.78, 5) is 8.24. The summed E-state index contributed by atoms with van der Waals surface area (Å²) in [6.45, 7) is 12.8. The Morgan fingerprint density at radius 1 is 1.27 bits per heavy atom. The van der Waals surface area contributed by atoms with Crippen LogP contribution in [-0.4, -0.2) is 29.5 Å². The molecule has 0 atom stereocenters. The van der Waals surface area contributed by atoms with E-state index in [4.69, 9.17) is 27.6 Å². The van der Waals surface area contributed by atoms with Crippen molar-refractivity contribution in [3.8, 4) is 0 Å². The number of aromatic nitrogens is 3. The minimum atomic E-state index is -1.68. The molecule has 0 aromatic carbocycles. The molecule has 0 bridgehead atoms. The Hall–Kier alpha value is -0.623. The van der Waals surface area contributed by atoms with E-state index in [2.05, 4.69) is 43.8 Å². The van der Waals surface area contributed by atoms with Gasteiger partial charge in [0.05, 0.1) is 10.4 Å². The van der Waals surface area contributed by atoms with Gasteiger partial charge in [0.1, 0.15) is 5.65 Å². The fourth-order valence-corrected chi connectivity index (χ4v) is 3.42. The average Bonchev–Trinajstić information content (AvgIpc) is 2.70. The normalized spacial score (nSPS) is 13.0. The van der Waals surface area contributed by atoms with Crippen LogP contribution in [0.4, 0.5) is 0 Å². The lowest BCUT2D eigenvalue weighted by Crippen LogP contribution is -2.41. The van der Waals surface area contributed by atoms with Crippen molar-refractivity contribution < 1.29 is 4.43 Å². The third-order valence-electron chi connectivity index (χ3n) is 4.35. The Bertz CT molecular complexity index is 665. The lowest BCUT2D eigenvalue weighted by molar-refractivity contribution is 0.275. The van der Waals surface area contributed by atoms with Crippen LogP contribution in [0.2, 0.25) is 28.4 Å². The Morgan fingerprint density at radius 2 is 1.95 bits per heavy atom. The lowest BCUT2D eigenvalue weighted by atomic mass is 10.2. The summed E-state index contributed by atoms with van der Waals surface area (Å²) >= 11 is 12.1. The van der Waals surface area contributed by atoms with Gasteiger partial charge >= 0.3 is 0 Å². The predicted octanol–water partition coefficient (Wildman–Crippen LogP) is 5.15. The summed E-state index contributed by atoms with van der Waals surface area (Å²) in [6.07, 6.45) is 4.45. The van der Waals surface area contributed by atoms with Crippen LogP contribution in [0.15, 0.2) is 12.4 Å². The SMILES string of the molecule is CC(C)(C)[Si](C)(C)OCCCn1cc(Cl)c2cnc(Cl)nc21. The molecule has 2 heterocycles. The van der Waals surface area contributed by atoms with Crippen molar-refractivity contribution in [3.05, 3.63) is 22.7 Å². The molecular weight excluding hydrogens is 337 g/mol. The van der Waals surface area contributed by atoms with E-state index in [0.29, 0.717) is 5.02 Å². The second-order valence-electron chi connectivity index (χ2n) is 7.01. The first-order valence-corrected chi connectivity index (χ1v) is 11.1. The van der Waals surface area contributed by atoms with Gasteiger partial charge < -0.3 is 8.99 Å². The van der Waals surface area contributed by atoms with Gasteiger partial charge in [-0.25, -0.2) is 4.98 Å². The summed E-state index contributed by atoms with van der Waals surface area (Å²) in [6, 6.07) is 0. The summed E-state index contributed by atoms with van der Waals surface area (Å²) in [5, 5.41) is 1.95. The molecule has 0 saturated heterocycles. The molecular formula is C15H23Cl2N3OSi. The molecule has 2 rings (SSSR count). The topological polar surface area (TPSA) is 39.9 Å². The Morgan fingerprint density at radius 3 is 2.59 bits per heavy atom. The first kappa shape index (κ1) is 17.7. The maximum Gasteiger partial charge on any atom is 0.224 e. The number of halogens is 2. The number of fused-ring (bicyclic) bond motifs is 1. The van der Waals surface area contributed by atoms with Crippen molar-refractivity contribution in [1.82, 2.24) is 14.5 Å². The van der Waals surface area contributed by atoms with Crippen molar-refractivity contribution >= 4 is 42.6 Å². The Kier molecular flexibility index (Phi) is 5.22. The number of aryl methyl sites for hydroxylation is 1. The maximum absolute atomic E-state index is 6.21. The van der Waals surface area contributed by atoms with Gasteiger partial charge in [0.25, 0.3) is 0 Å². The van der Waals surface area contributed by atoms with Crippen molar-refractivity contribution in [2.24, 2.45) is 0 Å². The molecule has 4 nitrogen and oxygen atoms in total. The van der Waals surface area contributed by atoms with Gasteiger partial charge in [-0.05, 0) is 36.2 Å². The van der Waals surface area contributed by atoms with Gasteiger partial charge in [-0.15, -0.1) is 0 Å². The highest BCUT2D eigenvalue weighted by atomic mass is 35.5. The minimum Gasteiger partial charge on any atom is -0.417 e. The van der Waals surface area contributed by atoms with Crippen LogP contribution in [0, 0.1) is 0 Å². The smallest absolute Gasteiger partial charge is 0.224 e. The molecule has 0 unspecified atom stereocenters.